The van der Waals surface area contributed by atoms with Crippen molar-refractivity contribution in [3.8, 4) is 11.8 Å². The van der Waals surface area contributed by atoms with Gasteiger partial charge < -0.3 is 5.11 Å². The van der Waals surface area contributed by atoms with Crippen LogP contribution < -0.4 is 5.56 Å². The highest BCUT2D eigenvalue weighted by Gasteiger charge is 1.97. The van der Waals surface area contributed by atoms with E-state index < -0.39 is 0 Å². The number of rotatable bonds is 3. The Balaban J connectivity index is 2.10. The van der Waals surface area contributed by atoms with Crippen molar-refractivity contribution in [3.63, 3.8) is 0 Å². The highest BCUT2D eigenvalue weighted by atomic mass is 16.2. The first kappa shape index (κ1) is 13.1. The summed E-state index contributed by atoms with van der Waals surface area (Å²) in [6.45, 7) is 0.575. The predicted octanol–water partition coefficient (Wildman–Crippen LogP) is 1.03. The molecule has 0 fully saturated rings. The summed E-state index contributed by atoms with van der Waals surface area (Å²) in [5.74, 6) is 5.82. The summed E-state index contributed by atoms with van der Waals surface area (Å²) in [7, 11) is 0. The number of nitrogens with zero attached hydrogens (tertiary/aromatic N) is 2. The summed E-state index contributed by atoms with van der Waals surface area (Å²) in [6, 6.07) is 9.11. The molecule has 0 aliphatic carbocycles. The van der Waals surface area contributed by atoms with Crippen LogP contribution in [-0.4, -0.2) is 21.3 Å². The molecule has 1 N–H and O–H groups in total. The van der Waals surface area contributed by atoms with Crippen molar-refractivity contribution >= 4 is 0 Å². The lowest BCUT2D eigenvalue weighted by Crippen LogP contribution is -2.19. The number of aliphatic hydroxyl groups is 1. The SMILES string of the molecule is O=c1ccncn1Cc1ccc(C#CCCO)cc1. The maximum absolute atomic E-state index is 11.5. The average Bonchev–Trinajstić information content (AvgIpc) is 2.44. The first-order chi connectivity index (χ1) is 9.29. The Labute approximate surface area is 111 Å². The maximum Gasteiger partial charge on any atom is 0.253 e. The summed E-state index contributed by atoms with van der Waals surface area (Å²) in [5.41, 5.74) is 1.85. The van der Waals surface area contributed by atoms with E-state index in [1.807, 2.05) is 24.3 Å². The molecule has 0 spiro atoms. The van der Waals surface area contributed by atoms with E-state index in [1.165, 1.54) is 18.6 Å². The van der Waals surface area contributed by atoms with E-state index in [0.717, 1.165) is 11.1 Å². The molecule has 1 aromatic heterocycles. The van der Waals surface area contributed by atoms with Crippen molar-refractivity contribution in [3.05, 3.63) is 64.3 Å². The van der Waals surface area contributed by atoms with E-state index in [9.17, 15) is 4.79 Å². The molecule has 0 unspecified atom stereocenters. The molecule has 0 saturated heterocycles. The number of benzene rings is 1. The van der Waals surface area contributed by atoms with Crippen molar-refractivity contribution < 1.29 is 5.11 Å². The molecule has 2 rings (SSSR count). The monoisotopic (exact) mass is 254 g/mol. The topological polar surface area (TPSA) is 55.1 Å². The van der Waals surface area contributed by atoms with E-state index in [2.05, 4.69) is 16.8 Å². The zero-order chi connectivity index (χ0) is 13.5. The van der Waals surface area contributed by atoms with Crippen LogP contribution in [0.2, 0.25) is 0 Å². The van der Waals surface area contributed by atoms with E-state index in [-0.39, 0.29) is 12.2 Å². The lowest BCUT2D eigenvalue weighted by molar-refractivity contribution is 0.305. The summed E-state index contributed by atoms with van der Waals surface area (Å²) >= 11 is 0. The number of hydrogen-bond donors (Lipinski definition) is 1. The largest absolute Gasteiger partial charge is 0.395 e. The predicted molar refractivity (Wildman–Crippen MR) is 72.6 cm³/mol. The Morgan fingerprint density at radius 1 is 1.21 bits per heavy atom. The van der Waals surface area contributed by atoms with Gasteiger partial charge in [-0.05, 0) is 17.7 Å². The van der Waals surface area contributed by atoms with Gasteiger partial charge in [0.05, 0.1) is 19.5 Å². The maximum atomic E-state index is 11.5. The van der Waals surface area contributed by atoms with E-state index >= 15 is 0 Å². The smallest absolute Gasteiger partial charge is 0.253 e. The fourth-order valence-corrected chi connectivity index (χ4v) is 1.61. The quantitative estimate of drug-likeness (QED) is 0.832. The van der Waals surface area contributed by atoms with Crippen LogP contribution in [0, 0.1) is 11.8 Å². The molecule has 19 heavy (non-hydrogen) atoms. The van der Waals surface area contributed by atoms with Gasteiger partial charge in [-0.3, -0.25) is 9.36 Å². The first-order valence-electron chi connectivity index (χ1n) is 5.99. The molecule has 4 heteroatoms. The second kappa shape index (κ2) is 6.53. The highest BCUT2D eigenvalue weighted by Crippen LogP contribution is 2.04. The Kier molecular flexibility index (Phi) is 4.49. The normalized spacial score (nSPS) is 9.74. The molecule has 0 amide bonds. The van der Waals surface area contributed by atoms with Gasteiger partial charge in [0.1, 0.15) is 0 Å². The van der Waals surface area contributed by atoms with Gasteiger partial charge in [0, 0.05) is 24.2 Å². The molecule has 0 saturated carbocycles. The second-order valence-corrected chi connectivity index (χ2v) is 4.02. The molecule has 0 atom stereocenters. The summed E-state index contributed by atoms with van der Waals surface area (Å²) in [4.78, 5) is 15.5. The minimum absolute atomic E-state index is 0.0678. The van der Waals surface area contributed by atoms with E-state index in [1.54, 1.807) is 4.57 Å². The number of aliphatic hydroxyl groups excluding tert-OH is 1. The van der Waals surface area contributed by atoms with Gasteiger partial charge in [0.2, 0.25) is 0 Å². The Hall–Kier alpha value is -2.38. The van der Waals surface area contributed by atoms with Crippen molar-refractivity contribution in [1.82, 2.24) is 9.55 Å². The molecule has 1 heterocycles. The molecular weight excluding hydrogens is 240 g/mol. The third-order valence-corrected chi connectivity index (χ3v) is 2.57. The lowest BCUT2D eigenvalue weighted by atomic mass is 10.1. The van der Waals surface area contributed by atoms with Crippen molar-refractivity contribution in [2.45, 2.75) is 13.0 Å². The Morgan fingerprint density at radius 3 is 2.68 bits per heavy atom. The molecule has 0 radical (unpaired) electrons. The molecule has 4 nitrogen and oxygen atoms in total. The van der Waals surface area contributed by atoms with Gasteiger partial charge in [0.25, 0.3) is 5.56 Å². The summed E-state index contributed by atoms with van der Waals surface area (Å²) in [6.07, 6.45) is 3.49. The molecule has 0 aliphatic rings. The second-order valence-electron chi connectivity index (χ2n) is 4.02. The Bertz CT molecular complexity index is 648. The van der Waals surface area contributed by atoms with Crippen LogP contribution in [0.3, 0.4) is 0 Å². The standard InChI is InChI=1S/C15H14N2O2/c18-10-2-1-3-13-4-6-14(7-5-13)11-17-12-16-9-8-15(17)19/h4-9,12,18H,2,10-11H2. The fraction of sp³-hybridized carbons (Fsp3) is 0.200. The van der Waals surface area contributed by atoms with Crippen LogP contribution in [-0.2, 0) is 6.54 Å². The molecule has 0 aliphatic heterocycles. The van der Waals surface area contributed by atoms with Crippen LogP contribution in [0.25, 0.3) is 0 Å². The van der Waals surface area contributed by atoms with Gasteiger partial charge in [-0.2, -0.15) is 0 Å². The van der Waals surface area contributed by atoms with Crippen LogP contribution >= 0.6 is 0 Å². The summed E-state index contributed by atoms with van der Waals surface area (Å²) < 4.78 is 1.55. The third kappa shape index (κ3) is 3.80. The molecular formula is C15H14N2O2. The van der Waals surface area contributed by atoms with Gasteiger partial charge in [-0.25, -0.2) is 4.98 Å². The average molecular weight is 254 g/mol. The first-order valence-corrected chi connectivity index (χ1v) is 5.99. The number of aromatic nitrogens is 2. The number of hydrogen-bond acceptors (Lipinski definition) is 3. The lowest BCUT2D eigenvalue weighted by Gasteiger charge is -2.04. The zero-order valence-corrected chi connectivity index (χ0v) is 10.4. The van der Waals surface area contributed by atoms with Crippen molar-refractivity contribution in [2.24, 2.45) is 0 Å². The van der Waals surface area contributed by atoms with Gasteiger partial charge >= 0.3 is 0 Å². The minimum atomic E-state index is -0.0678. The highest BCUT2D eigenvalue weighted by molar-refractivity contribution is 5.36. The van der Waals surface area contributed by atoms with Crippen LogP contribution in [0.15, 0.2) is 47.7 Å². The van der Waals surface area contributed by atoms with Gasteiger partial charge in [0.15, 0.2) is 0 Å². The van der Waals surface area contributed by atoms with E-state index in [0.29, 0.717) is 13.0 Å². The third-order valence-electron chi connectivity index (χ3n) is 2.57. The van der Waals surface area contributed by atoms with Crippen molar-refractivity contribution in [1.29, 1.82) is 0 Å². The molecule has 0 bridgehead atoms. The van der Waals surface area contributed by atoms with Crippen LogP contribution in [0.5, 0.6) is 0 Å². The Morgan fingerprint density at radius 2 is 2.00 bits per heavy atom. The van der Waals surface area contributed by atoms with Gasteiger partial charge in [-0.1, -0.05) is 24.0 Å². The molecule has 2 aromatic rings. The minimum Gasteiger partial charge on any atom is -0.395 e. The fourth-order valence-electron chi connectivity index (χ4n) is 1.61. The van der Waals surface area contributed by atoms with E-state index in [4.69, 9.17) is 5.11 Å². The van der Waals surface area contributed by atoms with Crippen LogP contribution in [0.4, 0.5) is 0 Å². The van der Waals surface area contributed by atoms with Gasteiger partial charge in [-0.15, -0.1) is 0 Å². The molecule has 96 valence electrons. The summed E-state index contributed by atoms with van der Waals surface area (Å²) in [5, 5.41) is 8.64. The van der Waals surface area contributed by atoms with Crippen molar-refractivity contribution in [2.75, 3.05) is 6.61 Å². The zero-order valence-electron chi connectivity index (χ0n) is 10.4. The molecule has 1 aromatic carbocycles. The van der Waals surface area contributed by atoms with Crippen LogP contribution in [0.1, 0.15) is 17.5 Å².